The van der Waals surface area contributed by atoms with Crippen LogP contribution < -0.4 is 34.7 Å². The molecule has 0 spiro atoms. The monoisotopic (exact) mass is 473 g/mol. The number of carbonyl (C=O) groups is 2. The number of carboxylic acids is 1. The van der Waals surface area contributed by atoms with Crippen molar-refractivity contribution in [3.05, 3.63) is 66.2 Å². The van der Waals surface area contributed by atoms with Crippen LogP contribution in [0.4, 0.5) is 0 Å². The van der Waals surface area contributed by atoms with E-state index in [1.165, 1.54) is 21.3 Å². The Bertz CT molecular complexity index is 1190. The van der Waals surface area contributed by atoms with Crippen molar-refractivity contribution in [3.8, 4) is 11.1 Å². The molecular weight excluding hydrogens is 453 g/mol. The number of aliphatic hydroxyl groups is 1. The normalized spacial score (nSPS) is 23.9. The number of hydrogen-bond donors (Lipinski definition) is 1. The summed E-state index contributed by atoms with van der Waals surface area (Å²) in [5, 5.41) is 30.1. The number of pyridine rings is 1. The summed E-state index contributed by atoms with van der Waals surface area (Å²) in [6.07, 6.45) is 3.97. The number of carbonyl (C=O) groups excluding carboxylic acids is 2. The quantitative estimate of drug-likeness (QED) is 0.327. The molecule has 0 bridgehead atoms. The van der Waals surface area contributed by atoms with Gasteiger partial charge in [0.05, 0.1) is 18.2 Å². The van der Waals surface area contributed by atoms with Crippen LogP contribution >= 0.6 is 11.8 Å². The number of aliphatic hydroxyl groups excluding tert-OH is 1. The van der Waals surface area contributed by atoms with E-state index >= 15 is 0 Å². The van der Waals surface area contributed by atoms with Crippen molar-refractivity contribution in [1.29, 1.82) is 0 Å². The summed E-state index contributed by atoms with van der Waals surface area (Å²) in [6.45, 7) is 3.57. The molecule has 4 heterocycles. The molecular formula is C22H20N5NaO4S. The molecule has 1 unspecified atom stereocenters. The molecule has 2 fully saturated rings. The summed E-state index contributed by atoms with van der Waals surface area (Å²) >= 11 is 1.40. The largest absolute Gasteiger partial charge is 1.00 e. The number of aliphatic carboxylic acids is 1. The predicted octanol–water partition coefficient (Wildman–Crippen LogP) is -2.22. The maximum absolute atomic E-state index is 12.7. The van der Waals surface area contributed by atoms with Gasteiger partial charge in [-0.1, -0.05) is 29.5 Å². The Morgan fingerprint density at radius 2 is 1.79 bits per heavy atom. The van der Waals surface area contributed by atoms with Gasteiger partial charge in [0.2, 0.25) is 0 Å². The third-order valence-electron chi connectivity index (χ3n) is 5.97. The second-order valence-corrected chi connectivity index (χ2v) is 10.2. The van der Waals surface area contributed by atoms with Crippen LogP contribution in [-0.4, -0.2) is 58.0 Å². The van der Waals surface area contributed by atoms with Crippen LogP contribution in [0.3, 0.4) is 0 Å². The SMILES string of the molecule is CC1(C)S[C@@H]2[C@H](n3cc(C(O)c4ccc(-c5ccncc5)cc4)nn3)C(=O)N2[C@H]1C(=O)[O-].[Na+]. The van der Waals surface area contributed by atoms with Gasteiger partial charge in [0.25, 0.3) is 5.91 Å². The van der Waals surface area contributed by atoms with E-state index in [4.69, 9.17) is 0 Å². The molecule has 1 amide bonds. The molecule has 9 nitrogen and oxygen atoms in total. The summed E-state index contributed by atoms with van der Waals surface area (Å²) in [7, 11) is 0. The number of benzene rings is 1. The molecule has 11 heteroatoms. The smallest absolute Gasteiger partial charge is 0.548 e. The van der Waals surface area contributed by atoms with Crippen LogP contribution in [0, 0.1) is 0 Å². The van der Waals surface area contributed by atoms with Gasteiger partial charge in [0.15, 0.2) is 6.04 Å². The molecule has 5 rings (SSSR count). The van der Waals surface area contributed by atoms with Crippen molar-refractivity contribution >= 4 is 23.6 Å². The summed E-state index contributed by atoms with van der Waals surface area (Å²) in [4.78, 5) is 29.7. The van der Waals surface area contributed by atoms with Crippen molar-refractivity contribution in [3.63, 3.8) is 0 Å². The van der Waals surface area contributed by atoms with E-state index in [0.717, 1.165) is 11.1 Å². The van der Waals surface area contributed by atoms with E-state index in [0.29, 0.717) is 11.3 Å². The number of nitrogens with zero attached hydrogens (tertiary/aromatic N) is 5. The summed E-state index contributed by atoms with van der Waals surface area (Å²) in [5.74, 6) is -1.60. The van der Waals surface area contributed by atoms with Gasteiger partial charge in [-0.15, -0.1) is 16.9 Å². The molecule has 164 valence electrons. The Labute approximate surface area is 216 Å². The van der Waals surface area contributed by atoms with Gasteiger partial charge >= 0.3 is 29.6 Å². The number of fused-ring (bicyclic) bond motifs is 1. The average molecular weight is 473 g/mol. The topological polar surface area (TPSA) is 124 Å². The standard InChI is InChI=1S/C22H21N5O4S.Na/c1-22(2)18(21(30)31)27-19(29)16(20(27)32-22)26-11-15(24-25-26)17(28)14-5-3-12(4-6-14)13-7-9-23-10-8-13;/h3-11,16-18,20,28H,1-2H3,(H,30,31);/q;+1/p-1/t16-,17?,18+,20-;/m1./s1. The summed E-state index contributed by atoms with van der Waals surface area (Å²) in [5.41, 5.74) is 2.97. The van der Waals surface area contributed by atoms with Gasteiger partial charge in [-0.25, -0.2) is 4.68 Å². The van der Waals surface area contributed by atoms with E-state index in [1.807, 2.05) is 36.4 Å². The minimum absolute atomic E-state index is 0. The number of carboxylic acid groups (broad SMARTS) is 1. The van der Waals surface area contributed by atoms with Crippen molar-refractivity contribution < 1.29 is 49.4 Å². The zero-order valence-electron chi connectivity index (χ0n) is 18.3. The van der Waals surface area contributed by atoms with Crippen molar-refractivity contribution in [2.75, 3.05) is 0 Å². The van der Waals surface area contributed by atoms with Crippen LogP contribution in [0.2, 0.25) is 0 Å². The molecule has 1 aromatic carbocycles. The molecule has 2 aliphatic heterocycles. The van der Waals surface area contributed by atoms with Gasteiger partial charge in [0, 0.05) is 17.1 Å². The van der Waals surface area contributed by atoms with Crippen LogP contribution in [-0.2, 0) is 9.59 Å². The second kappa shape index (κ2) is 8.84. The minimum Gasteiger partial charge on any atom is -0.548 e. The fraction of sp³-hybridized carbons (Fsp3) is 0.318. The fourth-order valence-corrected chi connectivity index (χ4v) is 6.01. The van der Waals surface area contributed by atoms with E-state index in [9.17, 15) is 19.8 Å². The third kappa shape index (κ3) is 4.00. The zero-order valence-corrected chi connectivity index (χ0v) is 21.1. The van der Waals surface area contributed by atoms with E-state index in [-0.39, 0.29) is 40.8 Å². The summed E-state index contributed by atoms with van der Waals surface area (Å²) in [6, 6.07) is 9.60. The minimum atomic E-state index is -1.26. The van der Waals surface area contributed by atoms with Gasteiger partial charge in [-0.05, 0) is 42.7 Å². The molecule has 2 saturated heterocycles. The van der Waals surface area contributed by atoms with Gasteiger partial charge in [-0.3, -0.25) is 9.78 Å². The van der Waals surface area contributed by atoms with Crippen molar-refractivity contribution in [2.24, 2.45) is 0 Å². The Morgan fingerprint density at radius 3 is 2.42 bits per heavy atom. The number of aromatic nitrogens is 4. The predicted molar refractivity (Wildman–Crippen MR) is 114 cm³/mol. The Kier molecular flexibility index (Phi) is 6.41. The molecule has 2 aliphatic rings. The molecule has 0 saturated carbocycles. The van der Waals surface area contributed by atoms with Gasteiger partial charge in [-0.2, -0.15) is 0 Å². The first kappa shape index (κ1) is 23.9. The van der Waals surface area contributed by atoms with Crippen LogP contribution in [0.25, 0.3) is 11.1 Å². The van der Waals surface area contributed by atoms with Crippen LogP contribution in [0.15, 0.2) is 55.0 Å². The molecule has 2 aromatic heterocycles. The molecule has 1 N–H and O–H groups in total. The Hall–Kier alpha value is -2.24. The molecule has 0 aliphatic carbocycles. The second-order valence-electron chi connectivity index (χ2n) is 8.41. The first-order valence-corrected chi connectivity index (χ1v) is 11.0. The molecule has 0 radical (unpaired) electrons. The number of thioether (sulfide) groups is 1. The van der Waals surface area contributed by atoms with E-state index < -0.39 is 28.9 Å². The first-order valence-electron chi connectivity index (χ1n) is 10.1. The van der Waals surface area contributed by atoms with Crippen LogP contribution in [0.1, 0.15) is 37.3 Å². The maximum Gasteiger partial charge on any atom is 1.00 e. The van der Waals surface area contributed by atoms with Gasteiger partial charge < -0.3 is 19.9 Å². The Morgan fingerprint density at radius 1 is 1.15 bits per heavy atom. The fourth-order valence-electron chi connectivity index (χ4n) is 4.34. The van der Waals surface area contributed by atoms with E-state index in [1.54, 1.807) is 32.4 Å². The van der Waals surface area contributed by atoms with Gasteiger partial charge in [0.1, 0.15) is 17.2 Å². The first-order chi connectivity index (χ1) is 15.3. The number of β-lactam (4-membered cyclic amide) rings is 1. The van der Waals surface area contributed by atoms with Crippen LogP contribution in [0.5, 0.6) is 0 Å². The third-order valence-corrected chi connectivity index (χ3v) is 7.53. The zero-order chi connectivity index (χ0) is 22.6. The number of amides is 1. The molecule has 4 atom stereocenters. The number of hydrogen-bond acceptors (Lipinski definition) is 8. The molecule has 33 heavy (non-hydrogen) atoms. The Balaban J connectivity index is 0.00000259. The average Bonchev–Trinajstić information content (AvgIpc) is 3.35. The number of rotatable bonds is 5. The summed E-state index contributed by atoms with van der Waals surface area (Å²) < 4.78 is 0.738. The van der Waals surface area contributed by atoms with Crippen molar-refractivity contribution in [2.45, 2.75) is 42.2 Å². The van der Waals surface area contributed by atoms with E-state index in [2.05, 4.69) is 15.3 Å². The van der Waals surface area contributed by atoms with Crippen molar-refractivity contribution in [1.82, 2.24) is 24.9 Å². The molecule has 3 aromatic rings. The maximum atomic E-state index is 12.7.